The van der Waals surface area contributed by atoms with Gasteiger partial charge in [-0.15, -0.1) is 11.3 Å². The molecule has 2 N–H and O–H groups in total. The van der Waals surface area contributed by atoms with E-state index in [2.05, 4.69) is 21.8 Å². The van der Waals surface area contributed by atoms with Crippen molar-refractivity contribution in [2.75, 3.05) is 57.1 Å². The average Bonchev–Trinajstić information content (AvgIpc) is 3.68. The fourth-order valence-electron chi connectivity index (χ4n) is 6.25. The Bertz CT molecular complexity index is 1790. The molecule has 12 heteroatoms. The van der Waals surface area contributed by atoms with Crippen LogP contribution in [0.15, 0.2) is 12.1 Å². The molecule has 4 aromatic rings. The number of nitrogens with zero attached hydrogens (tertiary/aromatic N) is 5. The van der Waals surface area contributed by atoms with E-state index in [4.69, 9.17) is 31.8 Å². The summed E-state index contributed by atoms with van der Waals surface area (Å²) in [4.78, 5) is 13.8. The Morgan fingerprint density at radius 1 is 1.10 bits per heavy atom. The summed E-state index contributed by atoms with van der Waals surface area (Å²) in [5, 5.41) is 10.6. The van der Waals surface area contributed by atoms with Gasteiger partial charge in [-0.05, 0) is 50.9 Å². The zero-order chi connectivity index (χ0) is 29.2. The summed E-state index contributed by atoms with van der Waals surface area (Å²) in [5.41, 5.74) is 6.40. The lowest BCUT2D eigenvalue weighted by Gasteiger charge is -2.26. The highest BCUT2D eigenvalue weighted by Gasteiger charge is 2.44. The molecule has 1 saturated carbocycles. The summed E-state index contributed by atoms with van der Waals surface area (Å²) >= 11 is 7.90. The van der Waals surface area contributed by atoms with E-state index >= 15 is 4.39 Å². The summed E-state index contributed by atoms with van der Waals surface area (Å²) < 4.78 is 44.2. The number of nitrogen functional groups attached to an aromatic ring is 1. The predicted molar refractivity (Wildman–Crippen MR) is 161 cm³/mol. The van der Waals surface area contributed by atoms with E-state index < -0.39 is 11.6 Å². The van der Waals surface area contributed by atoms with Crippen LogP contribution >= 0.6 is 22.9 Å². The maximum Gasteiger partial charge on any atom is 0.319 e. The normalized spacial score (nSPS) is 18.9. The van der Waals surface area contributed by atoms with Crippen LogP contribution in [0.2, 0.25) is 5.02 Å². The zero-order valence-electron chi connectivity index (χ0n) is 23.1. The van der Waals surface area contributed by atoms with Crippen LogP contribution in [0.25, 0.3) is 32.1 Å². The second-order valence-electron chi connectivity index (χ2n) is 11.6. The predicted octanol–water partition coefficient (Wildman–Crippen LogP) is 6.37. The fourth-order valence-corrected chi connectivity index (χ4v) is 7.53. The van der Waals surface area contributed by atoms with E-state index in [1.807, 2.05) is 6.07 Å². The average molecular weight is 611 g/mol. The van der Waals surface area contributed by atoms with Gasteiger partial charge in [-0.3, -0.25) is 0 Å². The zero-order valence-corrected chi connectivity index (χ0v) is 24.7. The van der Waals surface area contributed by atoms with Gasteiger partial charge >= 0.3 is 6.01 Å². The van der Waals surface area contributed by atoms with Gasteiger partial charge in [-0.2, -0.15) is 15.2 Å². The van der Waals surface area contributed by atoms with Gasteiger partial charge < -0.3 is 25.0 Å². The molecule has 2 aromatic heterocycles. The number of halogens is 3. The summed E-state index contributed by atoms with van der Waals surface area (Å²) in [6, 6.07) is 4.78. The number of ether oxygens (including phenoxy) is 2. The van der Waals surface area contributed by atoms with Gasteiger partial charge in [0.25, 0.3) is 0 Å². The third-order valence-corrected chi connectivity index (χ3v) is 9.97. The molecule has 3 aliphatic rings. The molecule has 0 atom stereocenters. The van der Waals surface area contributed by atoms with Crippen molar-refractivity contribution in [3.63, 3.8) is 0 Å². The highest BCUT2D eigenvalue weighted by atomic mass is 35.5. The fraction of sp³-hybridized carbons (Fsp3) is 0.433. The molecule has 2 aromatic carbocycles. The number of aromatic nitrogens is 2. The van der Waals surface area contributed by atoms with Gasteiger partial charge in [0.1, 0.15) is 34.8 Å². The van der Waals surface area contributed by atoms with Crippen molar-refractivity contribution in [3.05, 3.63) is 34.4 Å². The standard InChI is InChI=1S/C30H29ClF2N6O2S/c1-38-9-3-2-4-10-39-11-12-40-25-21-24(36-29(37-28(21)39)41-15-30(14-38)7-8-30)23(33)20(22(25)31)16-5-6-18(32)26-19(16)17(13-34)27(35)42-26/h5-6H,2-4,7-12,14-15,35H2,1H3. The van der Waals surface area contributed by atoms with Crippen molar-refractivity contribution in [1.82, 2.24) is 14.9 Å². The number of nitrogens with two attached hydrogens (primary N) is 1. The SMILES string of the molecule is CN1CCCCCN2CCOc3c(Cl)c(-c4ccc(F)c5sc(N)c(C#N)c45)c(F)c4nc(nc2c34)OCC2(CC2)C1. The Labute approximate surface area is 250 Å². The van der Waals surface area contributed by atoms with Crippen molar-refractivity contribution < 1.29 is 18.3 Å². The quantitative estimate of drug-likeness (QED) is 0.265. The Balaban J connectivity index is 1.46. The first-order valence-corrected chi connectivity index (χ1v) is 15.3. The molecule has 0 amide bonds. The lowest BCUT2D eigenvalue weighted by Crippen LogP contribution is -2.32. The lowest BCUT2D eigenvalue weighted by atomic mass is 9.96. The molecule has 4 heterocycles. The van der Waals surface area contributed by atoms with Crippen LogP contribution in [-0.4, -0.2) is 61.3 Å². The minimum absolute atomic E-state index is 0.00421. The van der Waals surface area contributed by atoms with Gasteiger partial charge in [0.15, 0.2) is 11.6 Å². The van der Waals surface area contributed by atoms with Crippen LogP contribution in [-0.2, 0) is 0 Å². The monoisotopic (exact) mass is 610 g/mol. The lowest BCUT2D eigenvalue weighted by molar-refractivity contribution is 0.169. The van der Waals surface area contributed by atoms with Crippen LogP contribution in [0, 0.1) is 28.4 Å². The highest BCUT2D eigenvalue weighted by molar-refractivity contribution is 7.23. The van der Waals surface area contributed by atoms with Crippen molar-refractivity contribution in [2.45, 2.75) is 32.1 Å². The van der Waals surface area contributed by atoms with E-state index in [1.165, 1.54) is 12.1 Å². The number of benzene rings is 2. The van der Waals surface area contributed by atoms with E-state index in [0.29, 0.717) is 37.5 Å². The van der Waals surface area contributed by atoms with E-state index in [0.717, 1.165) is 56.5 Å². The topological polar surface area (TPSA) is 101 Å². The summed E-state index contributed by atoms with van der Waals surface area (Å²) in [6.45, 7) is 3.93. The molecule has 1 fully saturated rings. The molecular formula is C30H29ClF2N6O2S. The summed E-state index contributed by atoms with van der Waals surface area (Å²) in [7, 11) is 2.15. The second-order valence-corrected chi connectivity index (χ2v) is 13.0. The van der Waals surface area contributed by atoms with Crippen LogP contribution in [0.5, 0.6) is 11.8 Å². The molecule has 2 bridgehead atoms. The first kappa shape index (κ1) is 27.4. The van der Waals surface area contributed by atoms with Gasteiger partial charge in [0.2, 0.25) is 0 Å². The third kappa shape index (κ3) is 4.48. The molecule has 0 radical (unpaired) electrons. The molecular weight excluding hydrogens is 582 g/mol. The number of hydrogen-bond donors (Lipinski definition) is 1. The van der Waals surface area contributed by atoms with E-state index in [9.17, 15) is 9.65 Å². The number of hydrogen-bond acceptors (Lipinski definition) is 9. The van der Waals surface area contributed by atoms with Crippen LogP contribution < -0.4 is 20.1 Å². The van der Waals surface area contributed by atoms with E-state index in [-0.39, 0.29) is 59.5 Å². The first-order chi connectivity index (χ1) is 20.3. The highest BCUT2D eigenvalue weighted by Crippen LogP contribution is 2.51. The molecule has 218 valence electrons. The first-order valence-electron chi connectivity index (χ1n) is 14.1. The van der Waals surface area contributed by atoms with Crippen molar-refractivity contribution in [2.24, 2.45) is 5.41 Å². The minimum Gasteiger partial charge on any atom is -0.489 e. The van der Waals surface area contributed by atoms with E-state index in [1.54, 1.807) is 0 Å². The molecule has 1 aliphatic carbocycles. The van der Waals surface area contributed by atoms with Gasteiger partial charge in [-0.1, -0.05) is 24.1 Å². The summed E-state index contributed by atoms with van der Waals surface area (Å²) in [6.07, 6.45) is 5.20. The molecule has 0 saturated heterocycles. The number of thiophene rings is 1. The molecule has 8 nitrogen and oxygen atoms in total. The Kier molecular flexibility index (Phi) is 6.76. The molecule has 7 rings (SSSR count). The smallest absolute Gasteiger partial charge is 0.319 e. The van der Waals surface area contributed by atoms with Crippen molar-refractivity contribution in [1.29, 1.82) is 5.26 Å². The summed E-state index contributed by atoms with van der Waals surface area (Å²) in [5.74, 6) is -0.494. The number of rotatable bonds is 1. The largest absolute Gasteiger partial charge is 0.489 e. The molecule has 0 unspecified atom stereocenters. The van der Waals surface area contributed by atoms with Gasteiger partial charge in [0.05, 0.1) is 33.8 Å². The number of nitriles is 1. The maximum atomic E-state index is 16.9. The van der Waals surface area contributed by atoms with Gasteiger partial charge in [0, 0.05) is 29.5 Å². The third-order valence-electron chi connectivity index (χ3n) is 8.59. The van der Waals surface area contributed by atoms with Crippen molar-refractivity contribution in [3.8, 4) is 29.0 Å². The van der Waals surface area contributed by atoms with Crippen LogP contribution in [0.1, 0.15) is 37.7 Å². The number of fused-ring (bicyclic) bond motifs is 2. The Morgan fingerprint density at radius 3 is 2.69 bits per heavy atom. The molecule has 2 aliphatic heterocycles. The van der Waals surface area contributed by atoms with Crippen LogP contribution in [0.4, 0.5) is 19.6 Å². The molecule has 42 heavy (non-hydrogen) atoms. The van der Waals surface area contributed by atoms with Gasteiger partial charge in [-0.25, -0.2) is 8.78 Å². The van der Waals surface area contributed by atoms with Crippen molar-refractivity contribution >= 4 is 54.7 Å². The number of anilines is 2. The minimum atomic E-state index is -0.721. The second kappa shape index (κ2) is 10.4. The Morgan fingerprint density at radius 2 is 1.90 bits per heavy atom. The maximum absolute atomic E-state index is 16.9. The Hall–Kier alpha value is -3.46. The van der Waals surface area contributed by atoms with Crippen LogP contribution in [0.3, 0.4) is 0 Å². The molecule has 1 spiro atoms.